The molecule has 3 aliphatic rings. The van der Waals surface area contributed by atoms with Gasteiger partial charge in [0.15, 0.2) is 5.82 Å². The minimum Gasteiger partial charge on any atom is -0.490 e. The molecule has 10 nitrogen and oxygen atoms in total. The Labute approximate surface area is 226 Å². The molecule has 3 aromatic heterocycles. The maximum Gasteiger partial charge on any atom is 0.246 e. The number of carbonyl (C=O) groups is 1. The van der Waals surface area contributed by atoms with Crippen LogP contribution in [-0.2, 0) is 23.0 Å². The van der Waals surface area contributed by atoms with E-state index in [0.29, 0.717) is 18.3 Å². The number of aromatic nitrogens is 3. The normalized spacial score (nSPS) is 24.8. The lowest BCUT2D eigenvalue weighted by atomic mass is 9.91. The number of nitrogens with zero attached hydrogens (tertiary/aromatic N) is 4. The highest BCUT2D eigenvalue weighted by molar-refractivity contribution is 7.19. The smallest absolute Gasteiger partial charge is 0.246 e. The quantitative estimate of drug-likeness (QED) is 0.398. The van der Waals surface area contributed by atoms with Crippen LogP contribution in [0.15, 0.2) is 18.3 Å². The van der Waals surface area contributed by atoms with Crippen LogP contribution in [0.2, 0.25) is 0 Å². The van der Waals surface area contributed by atoms with Gasteiger partial charge in [0.05, 0.1) is 24.7 Å². The monoisotopic (exact) mass is 540 g/mol. The van der Waals surface area contributed by atoms with Crippen molar-refractivity contribution in [2.45, 2.75) is 69.1 Å². The summed E-state index contributed by atoms with van der Waals surface area (Å²) in [5.74, 6) is 1.62. The van der Waals surface area contributed by atoms with E-state index >= 15 is 0 Å². The van der Waals surface area contributed by atoms with Gasteiger partial charge in [0, 0.05) is 49.4 Å². The number of ether oxygens (including phenoxy) is 2. The third-order valence-electron chi connectivity index (χ3n) is 8.17. The number of morpholine rings is 1. The number of aliphatic hydroxyl groups excluding tert-OH is 1. The third-order valence-corrected chi connectivity index (χ3v) is 9.33. The van der Waals surface area contributed by atoms with Crippen molar-refractivity contribution in [1.29, 1.82) is 0 Å². The lowest BCUT2D eigenvalue weighted by molar-refractivity contribution is -0.126. The van der Waals surface area contributed by atoms with E-state index in [1.54, 1.807) is 16.0 Å². The number of hydrogen-bond acceptors (Lipinski definition) is 9. The van der Waals surface area contributed by atoms with E-state index in [4.69, 9.17) is 20.2 Å². The van der Waals surface area contributed by atoms with E-state index < -0.39 is 12.0 Å². The summed E-state index contributed by atoms with van der Waals surface area (Å²) in [7, 11) is 1.88. The summed E-state index contributed by atoms with van der Waals surface area (Å²) in [6, 6.07) is 4.50. The highest BCUT2D eigenvalue weighted by Gasteiger charge is 2.34. The zero-order chi connectivity index (χ0) is 26.2. The third kappa shape index (κ3) is 5.25. The molecule has 1 saturated heterocycles. The van der Waals surface area contributed by atoms with Gasteiger partial charge in [0.2, 0.25) is 5.91 Å². The summed E-state index contributed by atoms with van der Waals surface area (Å²) in [6.45, 7) is 3.69. The van der Waals surface area contributed by atoms with Gasteiger partial charge >= 0.3 is 0 Å². The van der Waals surface area contributed by atoms with Crippen LogP contribution < -0.4 is 15.8 Å². The van der Waals surface area contributed by atoms with Crippen LogP contribution in [0.1, 0.15) is 54.9 Å². The second-order valence-corrected chi connectivity index (χ2v) is 11.8. The molecule has 0 bridgehead atoms. The van der Waals surface area contributed by atoms with Gasteiger partial charge in [-0.05, 0) is 56.4 Å². The molecule has 2 fully saturated rings. The van der Waals surface area contributed by atoms with Gasteiger partial charge in [-0.3, -0.25) is 14.4 Å². The number of anilines is 2. The first-order chi connectivity index (χ1) is 18.4. The highest BCUT2D eigenvalue weighted by atomic mass is 32.1. The van der Waals surface area contributed by atoms with Crippen LogP contribution in [-0.4, -0.2) is 75.2 Å². The first-order valence-corrected chi connectivity index (χ1v) is 14.4. The molecular weight excluding hydrogens is 504 g/mol. The Kier molecular flexibility index (Phi) is 7.26. The maximum absolute atomic E-state index is 11.6. The van der Waals surface area contributed by atoms with Crippen molar-refractivity contribution in [1.82, 2.24) is 19.7 Å². The number of nitrogens with two attached hydrogens (primary N) is 1. The van der Waals surface area contributed by atoms with Crippen molar-refractivity contribution in [3.63, 3.8) is 0 Å². The minimum absolute atomic E-state index is 0.0528. The summed E-state index contributed by atoms with van der Waals surface area (Å²) >= 11 is 1.68. The fourth-order valence-corrected chi connectivity index (χ4v) is 7.53. The molecule has 4 heterocycles. The van der Waals surface area contributed by atoms with Crippen LogP contribution in [0.25, 0.3) is 10.2 Å². The number of pyridine rings is 1. The number of carbonyl (C=O) groups excluding carboxylic acids is 1. The standard InChI is InChI=1S/C27H36N6O4S/c1-32-9-8-22(31-32)29-23-15-20(37-18-5-3-17(4-6-18)33-10-12-36-13-11-33)25-24-16(14-19(34)26(28)35)2-7-21(24)38-27(25)30-23/h8-9,15-19,34H,2-7,10-14H2,1H3,(H2,28,35)(H,29,30,31)/t16-,17-,18-,19+/m1/s1. The second kappa shape index (κ2) is 10.8. The number of amides is 1. The topological polar surface area (TPSA) is 128 Å². The van der Waals surface area contributed by atoms with Crippen LogP contribution in [0.5, 0.6) is 5.75 Å². The fraction of sp³-hybridized carbons (Fsp3) is 0.593. The molecule has 6 rings (SSSR count). The predicted octanol–water partition coefficient (Wildman–Crippen LogP) is 3.06. The van der Waals surface area contributed by atoms with E-state index in [0.717, 1.165) is 86.6 Å². The van der Waals surface area contributed by atoms with Gasteiger partial charge < -0.3 is 25.6 Å². The summed E-state index contributed by atoms with van der Waals surface area (Å²) < 4.78 is 14.1. The molecule has 4 N–H and O–H groups in total. The lowest BCUT2D eigenvalue weighted by Crippen LogP contribution is -2.46. The van der Waals surface area contributed by atoms with Gasteiger partial charge in [0.25, 0.3) is 0 Å². The number of fused-ring (bicyclic) bond motifs is 3. The summed E-state index contributed by atoms with van der Waals surface area (Å²) in [4.78, 5) is 21.3. The van der Waals surface area contributed by atoms with Gasteiger partial charge in [-0.1, -0.05) is 0 Å². The minimum atomic E-state index is -1.15. The molecule has 1 amide bonds. The van der Waals surface area contributed by atoms with E-state index in [2.05, 4.69) is 15.3 Å². The molecule has 0 spiro atoms. The first-order valence-electron chi connectivity index (χ1n) is 13.6. The molecule has 1 aliphatic heterocycles. The summed E-state index contributed by atoms with van der Waals surface area (Å²) in [5, 5.41) is 19.0. The number of aryl methyl sites for hydroxylation is 2. The van der Waals surface area contributed by atoms with Crippen molar-refractivity contribution in [3.05, 3.63) is 28.8 Å². The van der Waals surface area contributed by atoms with Crippen molar-refractivity contribution in [2.75, 3.05) is 31.6 Å². The SMILES string of the molecule is Cn1ccc(Nc2cc(O[C@H]3CC[C@H](N4CCOCC4)CC3)c3c4c(sc3n2)CC[C@@H]4C[C@H](O)C(N)=O)n1. The Balaban J connectivity index is 1.28. The molecule has 0 radical (unpaired) electrons. The van der Waals surface area contributed by atoms with Crippen molar-refractivity contribution < 1.29 is 19.4 Å². The van der Waals surface area contributed by atoms with Gasteiger partial charge in [-0.15, -0.1) is 11.3 Å². The largest absolute Gasteiger partial charge is 0.490 e. The fourth-order valence-electron chi connectivity index (χ4n) is 6.24. The second-order valence-electron chi connectivity index (χ2n) is 10.7. The molecule has 3 aromatic rings. The van der Waals surface area contributed by atoms with Crippen molar-refractivity contribution >= 4 is 39.1 Å². The molecule has 0 aromatic carbocycles. The Morgan fingerprint density at radius 1 is 1.26 bits per heavy atom. The van der Waals surface area contributed by atoms with Crippen molar-refractivity contribution in [3.8, 4) is 5.75 Å². The average molecular weight is 541 g/mol. The van der Waals surface area contributed by atoms with Crippen molar-refractivity contribution in [2.24, 2.45) is 12.8 Å². The van der Waals surface area contributed by atoms with Crippen LogP contribution in [0.3, 0.4) is 0 Å². The molecular formula is C27H36N6O4S. The molecule has 38 heavy (non-hydrogen) atoms. The van der Waals surface area contributed by atoms with Gasteiger partial charge in [-0.2, -0.15) is 5.10 Å². The Morgan fingerprint density at radius 2 is 2.05 bits per heavy atom. The van der Waals surface area contributed by atoms with Crippen LogP contribution in [0, 0.1) is 0 Å². The molecule has 204 valence electrons. The number of rotatable bonds is 8. The maximum atomic E-state index is 11.6. The number of primary amides is 1. The number of thiophene rings is 1. The number of hydrogen-bond donors (Lipinski definition) is 3. The molecule has 1 saturated carbocycles. The Morgan fingerprint density at radius 3 is 2.76 bits per heavy atom. The molecule has 2 aliphatic carbocycles. The summed E-state index contributed by atoms with van der Waals surface area (Å²) in [6.07, 6.45) is 7.23. The lowest BCUT2D eigenvalue weighted by Gasteiger charge is -2.38. The van der Waals surface area contributed by atoms with Crippen LogP contribution >= 0.6 is 11.3 Å². The summed E-state index contributed by atoms with van der Waals surface area (Å²) in [5.41, 5.74) is 6.55. The predicted molar refractivity (Wildman–Crippen MR) is 146 cm³/mol. The molecule has 0 unspecified atom stereocenters. The molecule has 2 atom stereocenters. The van der Waals surface area contributed by atoms with E-state index in [1.165, 1.54) is 10.4 Å². The number of aliphatic hydroxyl groups is 1. The highest BCUT2D eigenvalue weighted by Crippen LogP contribution is 2.49. The van der Waals surface area contributed by atoms with E-state index in [-0.39, 0.29) is 12.0 Å². The first kappa shape index (κ1) is 25.5. The number of nitrogens with one attached hydrogen (secondary N) is 1. The van der Waals surface area contributed by atoms with E-state index in [9.17, 15) is 9.90 Å². The zero-order valence-electron chi connectivity index (χ0n) is 21.8. The van der Waals surface area contributed by atoms with Gasteiger partial charge in [-0.25, -0.2) is 4.98 Å². The Hall–Kier alpha value is -2.73. The van der Waals surface area contributed by atoms with E-state index in [1.807, 2.05) is 25.4 Å². The molecule has 11 heteroatoms. The van der Waals surface area contributed by atoms with Crippen LogP contribution in [0.4, 0.5) is 11.6 Å². The van der Waals surface area contributed by atoms with Gasteiger partial charge in [0.1, 0.15) is 22.5 Å². The average Bonchev–Trinajstić information content (AvgIpc) is 3.60. The zero-order valence-corrected chi connectivity index (χ0v) is 22.6. The Bertz CT molecular complexity index is 1290.